The molecule has 2 N–H and O–H groups in total. The van der Waals surface area contributed by atoms with Crippen molar-refractivity contribution in [3.8, 4) is 11.4 Å². The second-order valence-corrected chi connectivity index (χ2v) is 5.02. The average molecular weight is 303 g/mol. The topological polar surface area (TPSA) is 48.9 Å². The minimum atomic E-state index is 0.0442. The van der Waals surface area contributed by atoms with Crippen LogP contribution in [0.4, 0.5) is 0 Å². The first-order valence-corrected chi connectivity index (χ1v) is 6.41. The van der Waals surface area contributed by atoms with Gasteiger partial charge in [0.25, 0.3) is 0 Å². The van der Waals surface area contributed by atoms with Gasteiger partial charge < -0.3 is 10.1 Å². The number of nitrogens with zero attached hydrogens (tertiary/aromatic N) is 1. The predicted molar refractivity (Wildman–Crippen MR) is 75.2 cm³/mol. The normalized spacial score (nSPS) is 11.0. The molecule has 3 rings (SSSR count). The van der Waals surface area contributed by atoms with Crippen LogP contribution in [-0.4, -0.2) is 15.1 Å². The van der Waals surface area contributed by atoms with E-state index in [2.05, 4.69) is 25.9 Å². The monoisotopic (exact) mass is 302 g/mol. The second-order valence-electron chi connectivity index (χ2n) is 4.10. The predicted octanol–water partition coefficient (Wildman–Crippen LogP) is 3.48. The van der Waals surface area contributed by atoms with Crippen molar-refractivity contribution in [1.82, 2.24) is 9.97 Å². The van der Waals surface area contributed by atoms with E-state index in [1.54, 1.807) is 0 Å². The van der Waals surface area contributed by atoms with Gasteiger partial charge in [0.05, 0.1) is 17.6 Å². The van der Waals surface area contributed by atoms with Crippen LogP contribution in [0.1, 0.15) is 5.56 Å². The Morgan fingerprint density at radius 2 is 1.89 bits per heavy atom. The Morgan fingerprint density at radius 3 is 2.61 bits per heavy atom. The number of benzene rings is 2. The van der Waals surface area contributed by atoms with E-state index in [-0.39, 0.29) is 6.61 Å². The van der Waals surface area contributed by atoms with E-state index in [1.807, 2.05) is 42.5 Å². The van der Waals surface area contributed by atoms with Gasteiger partial charge in [-0.05, 0) is 29.8 Å². The van der Waals surface area contributed by atoms with E-state index in [9.17, 15) is 0 Å². The van der Waals surface area contributed by atoms with Gasteiger partial charge in [-0.15, -0.1) is 0 Å². The molecule has 3 aromatic rings. The van der Waals surface area contributed by atoms with E-state index in [0.29, 0.717) is 0 Å². The third kappa shape index (κ3) is 2.05. The molecule has 0 atom stereocenters. The van der Waals surface area contributed by atoms with Crippen molar-refractivity contribution in [3.63, 3.8) is 0 Å². The van der Waals surface area contributed by atoms with E-state index in [1.165, 1.54) is 0 Å². The molecule has 0 radical (unpaired) electrons. The molecule has 2 aromatic carbocycles. The summed E-state index contributed by atoms with van der Waals surface area (Å²) in [6.45, 7) is 0.0442. The molecular formula is C14H11BrN2O. The maximum atomic E-state index is 9.11. The summed E-state index contributed by atoms with van der Waals surface area (Å²) in [6.07, 6.45) is 0. The van der Waals surface area contributed by atoms with Crippen molar-refractivity contribution in [3.05, 3.63) is 52.5 Å². The molecule has 0 amide bonds. The Balaban J connectivity index is 2.10. The number of aromatic amines is 1. The van der Waals surface area contributed by atoms with E-state index in [4.69, 9.17) is 5.11 Å². The fourth-order valence-electron chi connectivity index (χ4n) is 1.90. The highest BCUT2D eigenvalue weighted by Crippen LogP contribution is 2.22. The highest BCUT2D eigenvalue weighted by Gasteiger charge is 2.05. The van der Waals surface area contributed by atoms with Gasteiger partial charge in [-0.1, -0.05) is 34.1 Å². The van der Waals surface area contributed by atoms with Crippen molar-refractivity contribution in [1.29, 1.82) is 0 Å². The zero-order chi connectivity index (χ0) is 12.5. The van der Waals surface area contributed by atoms with Crippen molar-refractivity contribution < 1.29 is 5.11 Å². The number of hydrogen-bond donors (Lipinski definition) is 2. The maximum absolute atomic E-state index is 9.11. The van der Waals surface area contributed by atoms with Crippen LogP contribution in [0.5, 0.6) is 0 Å². The van der Waals surface area contributed by atoms with Gasteiger partial charge in [0.15, 0.2) is 0 Å². The van der Waals surface area contributed by atoms with Crippen molar-refractivity contribution in [2.24, 2.45) is 0 Å². The SMILES string of the molecule is OCc1ccc2nc(-c3ccc(Br)cc3)[nH]c2c1. The van der Waals surface area contributed by atoms with Crippen LogP contribution >= 0.6 is 15.9 Å². The number of hydrogen-bond acceptors (Lipinski definition) is 2. The molecule has 0 saturated heterocycles. The zero-order valence-electron chi connectivity index (χ0n) is 9.52. The Bertz CT molecular complexity index is 689. The van der Waals surface area contributed by atoms with Gasteiger partial charge in [0.1, 0.15) is 5.82 Å². The molecule has 0 saturated carbocycles. The van der Waals surface area contributed by atoms with Gasteiger partial charge in [0.2, 0.25) is 0 Å². The Labute approximate surface area is 113 Å². The fourth-order valence-corrected chi connectivity index (χ4v) is 2.16. The summed E-state index contributed by atoms with van der Waals surface area (Å²) in [6, 6.07) is 13.7. The molecule has 0 aliphatic heterocycles. The van der Waals surface area contributed by atoms with Crippen molar-refractivity contribution in [2.45, 2.75) is 6.61 Å². The lowest BCUT2D eigenvalue weighted by Gasteiger charge is -1.95. The number of nitrogens with one attached hydrogen (secondary N) is 1. The summed E-state index contributed by atoms with van der Waals surface area (Å²) in [5.74, 6) is 0.840. The number of H-pyrrole nitrogens is 1. The Kier molecular flexibility index (Phi) is 2.89. The minimum Gasteiger partial charge on any atom is -0.392 e. The third-order valence-electron chi connectivity index (χ3n) is 2.85. The quantitative estimate of drug-likeness (QED) is 0.761. The fraction of sp³-hybridized carbons (Fsp3) is 0.0714. The number of aliphatic hydroxyl groups excluding tert-OH is 1. The standard InChI is InChI=1S/C14H11BrN2O/c15-11-4-2-10(3-5-11)14-16-12-6-1-9(8-18)7-13(12)17-14/h1-7,18H,8H2,(H,16,17). The number of aromatic nitrogens is 2. The van der Waals surface area contributed by atoms with Gasteiger partial charge in [-0.25, -0.2) is 4.98 Å². The molecule has 3 nitrogen and oxygen atoms in total. The van der Waals surface area contributed by atoms with Gasteiger partial charge in [-0.2, -0.15) is 0 Å². The largest absolute Gasteiger partial charge is 0.392 e. The minimum absolute atomic E-state index is 0.0442. The van der Waals surface area contributed by atoms with Crippen molar-refractivity contribution >= 4 is 27.0 Å². The molecule has 18 heavy (non-hydrogen) atoms. The van der Waals surface area contributed by atoms with E-state index < -0.39 is 0 Å². The number of aliphatic hydroxyl groups is 1. The number of fused-ring (bicyclic) bond motifs is 1. The molecule has 4 heteroatoms. The molecule has 0 bridgehead atoms. The highest BCUT2D eigenvalue weighted by atomic mass is 79.9. The van der Waals surface area contributed by atoms with Crippen LogP contribution in [0.3, 0.4) is 0 Å². The molecular weight excluding hydrogens is 292 g/mol. The Morgan fingerprint density at radius 1 is 1.11 bits per heavy atom. The highest BCUT2D eigenvalue weighted by molar-refractivity contribution is 9.10. The number of rotatable bonds is 2. The van der Waals surface area contributed by atoms with Crippen LogP contribution in [0, 0.1) is 0 Å². The molecule has 90 valence electrons. The summed E-state index contributed by atoms with van der Waals surface area (Å²) >= 11 is 3.41. The van der Waals surface area contributed by atoms with Crippen LogP contribution in [-0.2, 0) is 6.61 Å². The Hall–Kier alpha value is -1.65. The molecule has 0 spiro atoms. The van der Waals surface area contributed by atoms with Gasteiger partial charge in [0, 0.05) is 10.0 Å². The molecule has 1 heterocycles. The summed E-state index contributed by atoms with van der Waals surface area (Å²) in [5.41, 5.74) is 3.78. The summed E-state index contributed by atoms with van der Waals surface area (Å²) in [4.78, 5) is 7.80. The van der Waals surface area contributed by atoms with Crippen LogP contribution < -0.4 is 0 Å². The zero-order valence-corrected chi connectivity index (χ0v) is 11.1. The molecule has 1 aromatic heterocycles. The van der Waals surface area contributed by atoms with Crippen molar-refractivity contribution in [2.75, 3.05) is 0 Å². The first-order chi connectivity index (χ1) is 8.76. The van der Waals surface area contributed by atoms with E-state index >= 15 is 0 Å². The lowest BCUT2D eigenvalue weighted by molar-refractivity contribution is 0.282. The molecule has 0 aliphatic rings. The van der Waals surface area contributed by atoms with E-state index in [0.717, 1.165) is 32.5 Å². The first-order valence-electron chi connectivity index (χ1n) is 5.62. The number of imidazole rings is 1. The second kappa shape index (κ2) is 4.55. The summed E-state index contributed by atoms with van der Waals surface area (Å²) in [7, 11) is 0. The summed E-state index contributed by atoms with van der Waals surface area (Å²) < 4.78 is 1.05. The third-order valence-corrected chi connectivity index (χ3v) is 3.38. The lowest BCUT2D eigenvalue weighted by Crippen LogP contribution is -1.81. The van der Waals surface area contributed by atoms with Gasteiger partial charge in [-0.3, -0.25) is 0 Å². The molecule has 0 unspecified atom stereocenters. The maximum Gasteiger partial charge on any atom is 0.138 e. The van der Waals surface area contributed by atoms with Crippen LogP contribution in [0.15, 0.2) is 46.9 Å². The first kappa shape index (κ1) is 11.4. The van der Waals surface area contributed by atoms with Gasteiger partial charge >= 0.3 is 0 Å². The number of halogens is 1. The molecule has 0 fully saturated rings. The molecule has 0 aliphatic carbocycles. The average Bonchev–Trinajstić information content (AvgIpc) is 2.82. The van der Waals surface area contributed by atoms with Crippen LogP contribution in [0.25, 0.3) is 22.4 Å². The smallest absolute Gasteiger partial charge is 0.138 e. The lowest BCUT2D eigenvalue weighted by atomic mass is 10.2. The summed E-state index contributed by atoms with van der Waals surface area (Å²) in [5, 5.41) is 9.11. The van der Waals surface area contributed by atoms with Crippen LogP contribution in [0.2, 0.25) is 0 Å².